The van der Waals surface area contributed by atoms with E-state index in [0.717, 1.165) is 11.3 Å². The summed E-state index contributed by atoms with van der Waals surface area (Å²) in [7, 11) is 0. The molecule has 2 aromatic rings. The molecule has 0 saturated heterocycles. The fraction of sp³-hybridized carbons (Fsp3) is 0.250. The molecule has 0 aliphatic carbocycles. The normalized spacial score (nSPS) is 10.3. The zero-order valence-electron chi connectivity index (χ0n) is 11.9. The lowest BCUT2D eigenvalue weighted by Gasteiger charge is -2.12. The number of aryl methyl sites for hydroxylation is 3. The summed E-state index contributed by atoms with van der Waals surface area (Å²) in [4.78, 5) is 10.6. The Kier molecular flexibility index (Phi) is 4.03. The number of nitrogens with one attached hydrogen (secondary N) is 1. The molecule has 0 aromatic heterocycles. The molecule has 0 amide bonds. The summed E-state index contributed by atoms with van der Waals surface area (Å²) < 4.78 is 0. The van der Waals surface area contributed by atoms with E-state index in [-0.39, 0.29) is 10.6 Å². The minimum Gasteiger partial charge on any atom is -0.381 e. The zero-order valence-corrected chi connectivity index (χ0v) is 11.9. The molecule has 2 rings (SSSR count). The summed E-state index contributed by atoms with van der Waals surface area (Å²) in [6.45, 7) is 6.43. The lowest BCUT2D eigenvalue weighted by Crippen LogP contribution is -2.04. The monoisotopic (exact) mass is 270 g/mol. The molecular formula is C16H18N2O2. The third-order valence-electron chi connectivity index (χ3n) is 3.47. The minimum atomic E-state index is -0.340. The van der Waals surface area contributed by atoms with E-state index in [2.05, 4.69) is 24.4 Å². The van der Waals surface area contributed by atoms with Gasteiger partial charge in [0.25, 0.3) is 5.69 Å². The van der Waals surface area contributed by atoms with Crippen LogP contribution in [0.5, 0.6) is 0 Å². The van der Waals surface area contributed by atoms with E-state index in [1.54, 1.807) is 13.0 Å². The molecule has 0 saturated carbocycles. The summed E-state index contributed by atoms with van der Waals surface area (Å²) in [5.41, 5.74) is 5.13. The van der Waals surface area contributed by atoms with Gasteiger partial charge in [0.2, 0.25) is 0 Å². The van der Waals surface area contributed by atoms with E-state index in [1.165, 1.54) is 11.1 Å². The number of hydrogen-bond donors (Lipinski definition) is 1. The number of nitrogens with zero attached hydrogens (tertiary/aromatic N) is 1. The van der Waals surface area contributed by atoms with Crippen LogP contribution in [0.25, 0.3) is 0 Å². The van der Waals surface area contributed by atoms with Crippen LogP contribution in [0, 0.1) is 30.9 Å². The lowest BCUT2D eigenvalue weighted by atomic mass is 10.1. The quantitative estimate of drug-likeness (QED) is 0.671. The van der Waals surface area contributed by atoms with Crippen LogP contribution in [0.4, 0.5) is 11.4 Å². The molecule has 1 N–H and O–H groups in total. The molecule has 4 heteroatoms. The maximum Gasteiger partial charge on any atom is 0.272 e. The third kappa shape index (κ3) is 2.96. The SMILES string of the molecule is Cc1ccccc1CNc1cc(C)c([N+](=O)[O-])cc1C. The van der Waals surface area contributed by atoms with Crippen molar-refractivity contribution in [3.8, 4) is 0 Å². The molecule has 0 fully saturated rings. The van der Waals surface area contributed by atoms with Gasteiger partial charge in [-0.25, -0.2) is 0 Å². The van der Waals surface area contributed by atoms with Crippen LogP contribution < -0.4 is 5.32 Å². The Morgan fingerprint density at radius 3 is 2.40 bits per heavy atom. The molecular weight excluding hydrogens is 252 g/mol. The van der Waals surface area contributed by atoms with Gasteiger partial charge in [0.05, 0.1) is 4.92 Å². The smallest absolute Gasteiger partial charge is 0.272 e. The second-order valence-electron chi connectivity index (χ2n) is 4.99. The van der Waals surface area contributed by atoms with E-state index in [4.69, 9.17) is 0 Å². The summed E-state index contributed by atoms with van der Waals surface area (Å²) in [5, 5.41) is 14.2. The second-order valence-corrected chi connectivity index (χ2v) is 4.99. The Morgan fingerprint density at radius 2 is 1.75 bits per heavy atom. The maximum atomic E-state index is 10.9. The predicted octanol–water partition coefficient (Wildman–Crippen LogP) is 4.13. The van der Waals surface area contributed by atoms with E-state index in [9.17, 15) is 10.1 Å². The molecule has 0 atom stereocenters. The van der Waals surface area contributed by atoms with E-state index in [1.807, 2.05) is 25.1 Å². The van der Waals surface area contributed by atoms with Gasteiger partial charge in [-0.05, 0) is 43.5 Å². The molecule has 0 unspecified atom stereocenters. The van der Waals surface area contributed by atoms with Crippen molar-refractivity contribution in [1.29, 1.82) is 0 Å². The number of benzene rings is 2. The van der Waals surface area contributed by atoms with Crippen molar-refractivity contribution in [3.63, 3.8) is 0 Å². The number of anilines is 1. The van der Waals surface area contributed by atoms with Crippen LogP contribution in [0.3, 0.4) is 0 Å². The molecule has 0 heterocycles. The maximum absolute atomic E-state index is 10.9. The predicted molar refractivity (Wildman–Crippen MR) is 81.1 cm³/mol. The van der Waals surface area contributed by atoms with Crippen LogP contribution in [0.15, 0.2) is 36.4 Å². The first-order valence-electron chi connectivity index (χ1n) is 6.53. The van der Waals surface area contributed by atoms with Crippen LogP contribution in [0.1, 0.15) is 22.3 Å². The van der Waals surface area contributed by atoms with Crippen molar-refractivity contribution >= 4 is 11.4 Å². The fourth-order valence-corrected chi connectivity index (χ4v) is 2.19. The molecule has 0 spiro atoms. The van der Waals surface area contributed by atoms with Gasteiger partial charge >= 0.3 is 0 Å². The Bertz CT molecular complexity index is 651. The van der Waals surface area contributed by atoms with E-state index < -0.39 is 0 Å². The van der Waals surface area contributed by atoms with E-state index >= 15 is 0 Å². The molecule has 0 aliphatic rings. The zero-order chi connectivity index (χ0) is 14.7. The molecule has 20 heavy (non-hydrogen) atoms. The number of nitro groups is 1. The van der Waals surface area contributed by atoms with Crippen LogP contribution in [-0.2, 0) is 6.54 Å². The molecule has 0 bridgehead atoms. The van der Waals surface area contributed by atoms with Crippen molar-refractivity contribution in [3.05, 3.63) is 68.8 Å². The Balaban J connectivity index is 2.21. The topological polar surface area (TPSA) is 55.2 Å². The number of nitro benzene ring substituents is 1. The Hall–Kier alpha value is -2.36. The average molecular weight is 270 g/mol. The molecule has 0 aliphatic heterocycles. The highest BCUT2D eigenvalue weighted by Crippen LogP contribution is 2.26. The highest BCUT2D eigenvalue weighted by molar-refractivity contribution is 5.59. The van der Waals surface area contributed by atoms with Crippen LogP contribution in [-0.4, -0.2) is 4.92 Å². The van der Waals surface area contributed by atoms with Crippen LogP contribution in [0.2, 0.25) is 0 Å². The van der Waals surface area contributed by atoms with Crippen molar-refractivity contribution < 1.29 is 4.92 Å². The molecule has 0 radical (unpaired) electrons. The Morgan fingerprint density at radius 1 is 1.05 bits per heavy atom. The first-order chi connectivity index (χ1) is 9.49. The highest BCUT2D eigenvalue weighted by Gasteiger charge is 2.13. The first kappa shape index (κ1) is 14.1. The highest BCUT2D eigenvalue weighted by atomic mass is 16.6. The third-order valence-corrected chi connectivity index (χ3v) is 3.47. The second kappa shape index (κ2) is 5.74. The van der Waals surface area contributed by atoms with Gasteiger partial charge in [-0.2, -0.15) is 0 Å². The Labute approximate surface area is 118 Å². The fourth-order valence-electron chi connectivity index (χ4n) is 2.19. The van der Waals surface area contributed by atoms with Gasteiger partial charge in [0.1, 0.15) is 0 Å². The number of hydrogen-bond acceptors (Lipinski definition) is 3. The van der Waals surface area contributed by atoms with Gasteiger partial charge in [-0.3, -0.25) is 10.1 Å². The van der Waals surface area contributed by atoms with Crippen molar-refractivity contribution in [1.82, 2.24) is 0 Å². The van der Waals surface area contributed by atoms with Gasteiger partial charge in [-0.15, -0.1) is 0 Å². The van der Waals surface area contributed by atoms with Crippen LogP contribution >= 0.6 is 0 Å². The summed E-state index contributed by atoms with van der Waals surface area (Å²) in [6.07, 6.45) is 0. The van der Waals surface area contributed by atoms with Crippen molar-refractivity contribution in [2.45, 2.75) is 27.3 Å². The van der Waals surface area contributed by atoms with Gasteiger partial charge in [-0.1, -0.05) is 24.3 Å². The largest absolute Gasteiger partial charge is 0.381 e. The molecule has 104 valence electrons. The first-order valence-corrected chi connectivity index (χ1v) is 6.53. The van der Waals surface area contributed by atoms with Gasteiger partial charge < -0.3 is 5.32 Å². The van der Waals surface area contributed by atoms with Gasteiger partial charge in [0.15, 0.2) is 0 Å². The standard InChI is InChI=1S/C16H18N2O2/c1-11-6-4-5-7-14(11)10-17-15-8-13(3)16(18(19)20)9-12(15)2/h4-9,17H,10H2,1-3H3. The summed E-state index contributed by atoms with van der Waals surface area (Å²) in [6, 6.07) is 11.6. The van der Waals surface area contributed by atoms with Gasteiger partial charge in [0, 0.05) is 23.9 Å². The number of rotatable bonds is 4. The average Bonchev–Trinajstić information content (AvgIpc) is 2.40. The summed E-state index contributed by atoms with van der Waals surface area (Å²) in [5.74, 6) is 0. The van der Waals surface area contributed by atoms with Crippen molar-refractivity contribution in [2.24, 2.45) is 0 Å². The van der Waals surface area contributed by atoms with Crippen molar-refractivity contribution in [2.75, 3.05) is 5.32 Å². The molecule has 2 aromatic carbocycles. The molecule has 4 nitrogen and oxygen atoms in total. The van der Waals surface area contributed by atoms with E-state index in [0.29, 0.717) is 12.1 Å². The summed E-state index contributed by atoms with van der Waals surface area (Å²) >= 11 is 0. The minimum absolute atomic E-state index is 0.170. The lowest BCUT2D eigenvalue weighted by molar-refractivity contribution is -0.385.